The van der Waals surface area contributed by atoms with Gasteiger partial charge in [-0.25, -0.2) is 22.2 Å². The fourth-order valence-corrected chi connectivity index (χ4v) is 6.37. The summed E-state index contributed by atoms with van der Waals surface area (Å²) in [6.07, 6.45) is -2.75. The maximum Gasteiger partial charge on any atom is 0.417 e. The maximum absolute atomic E-state index is 13.8. The summed E-state index contributed by atoms with van der Waals surface area (Å²) in [5, 5.41) is -1.27. The number of hydrogen-bond donors (Lipinski definition) is 0. The minimum atomic E-state index is -4.98. The van der Waals surface area contributed by atoms with Gasteiger partial charge in [-0.15, -0.1) is 0 Å². The van der Waals surface area contributed by atoms with Crippen molar-refractivity contribution in [3.8, 4) is 11.3 Å². The zero-order valence-electron chi connectivity index (χ0n) is 16.8. The Bertz CT molecular complexity index is 1200. The van der Waals surface area contributed by atoms with Crippen LogP contribution in [0.15, 0.2) is 35.5 Å². The van der Waals surface area contributed by atoms with Gasteiger partial charge in [-0.2, -0.15) is 13.2 Å². The first-order valence-corrected chi connectivity index (χ1v) is 11.8. The normalized spacial score (nSPS) is 22.8. The summed E-state index contributed by atoms with van der Waals surface area (Å²) in [5.74, 6) is -4.38. The second-order valence-corrected chi connectivity index (χ2v) is 10.7. The molecule has 4 rings (SSSR count). The quantitative estimate of drug-likeness (QED) is 0.576. The van der Waals surface area contributed by atoms with Crippen LogP contribution >= 0.6 is 11.6 Å². The summed E-state index contributed by atoms with van der Waals surface area (Å²) in [7, 11) is -4.46. The van der Waals surface area contributed by atoms with Gasteiger partial charge in [0, 0.05) is 11.5 Å². The van der Waals surface area contributed by atoms with Crippen molar-refractivity contribution in [2.45, 2.75) is 41.5 Å². The Balaban J connectivity index is 1.61. The van der Waals surface area contributed by atoms with E-state index in [2.05, 4.69) is 9.97 Å². The molecule has 0 spiro atoms. The molecule has 0 N–H and O–H groups in total. The highest BCUT2D eigenvalue weighted by atomic mass is 35.5. The number of hydrogen-bond acceptors (Lipinski definition) is 5. The lowest BCUT2D eigenvalue weighted by Gasteiger charge is -2.40. The molecule has 2 aliphatic rings. The summed E-state index contributed by atoms with van der Waals surface area (Å²) in [6.45, 7) is -1.46. The predicted molar refractivity (Wildman–Crippen MR) is 107 cm³/mol. The number of amides is 1. The largest absolute Gasteiger partial charge is 0.417 e. The van der Waals surface area contributed by atoms with Crippen LogP contribution in [0, 0.1) is 5.92 Å². The highest BCUT2D eigenvalue weighted by Gasteiger charge is 2.50. The monoisotopic (exact) mass is 509 g/mol. The van der Waals surface area contributed by atoms with E-state index in [1.165, 1.54) is 18.5 Å². The van der Waals surface area contributed by atoms with Gasteiger partial charge in [0.25, 0.3) is 5.92 Å². The first-order chi connectivity index (χ1) is 15.3. The van der Waals surface area contributed by atoms with Crippen molar-refractivity contribution in [1.82, 2.24) is 14.9 Å². The molecule has 13 heteroatoms. The highest BCUT2D eigenvalue weighted by molar-refractivity contribution is 7.92. The zero-order chi connectivity index (χ0) is 24.2. The van der Waals surface area contributed by atoms with Gasteiger partial charge in [-0.05, 0) is 31.4 Å². The van der Waals surface area contributed by atoms with Crippen molar-refractivity contribution in [3.05, 3.63) is 41.3 Å². The zero-order valence-corrected chi connectivity index (χ0v) is 18.4. The van der Waals surface area contributed by atoms with Gasteiger partial charge in [0.05, 0.1) is 46.9 Å². The molecule has 1 saturated carbocycles. The van der Waals surface area contributed by atoms with E-state index in [1.54, 1.807) is 0 Å². The molecule has 6 nitrogen and oxygen atoms in total. The third kappa shape index (κ3) is 4.68. The molecule has 1 aliphatic carbocycles. The molecule has 2 fully saturated rings. The Morgan fingerprint density at radius 2 is 1.85 bits per heavy atom. The highest BCUT2D eigenvalue weighted by Crippen LogP contribution is 2.42. The van der Waals surface area contributed by atoms with Crippen molar-refractivity contribution < 1.29 is 35.2 Å². The van der Waals surface area contributed by atoms with Crippen molar-refractivity contribution in [3.63, 3.8) is 0 Å². The van der Waals surface area contributed by atoms with Crippen LogP contribution in [0.25, 0.3) is 11.3 Å². The molecule has 0 radical (unpaired) electrons. The number of nitrogens with zero attached hydrogens (tertiary/aromatic N) is 3. The standard InChI is InChI=1S/C20H17ClF5N3O3S/c21-17-8-27-7-15(28-17)11-2-4-16(14(6-11)20(24,25)26)33(31,32)13-3-1-12(5-13)18(30)29-9-19(22,23)10-29/h2,4,6-8,12-13H,1,3,5,9-10H2/t12-,13-/m1/s1. The van der Waals surface area contributed by atoms with E-state index in [4.69, 9.17) is 11.6 Å². The molecule has 1 aliphatic heterocycles. The summed E-state index contributed by atoms with van der Waals surface area (Å²) < 4.78 is 93.8. The maximum atomic E-state index is 13.8. The molecule has 2 heterocycles. The van der Waals surface area contributed by atoms with Gasteiger partial charge in [-0.1, -0.05) is 17.7 Å². The number of aromatic nitrogens is 2. The Labute approximate surface area is 190 Å². The van der Waals surface area contributed by atoms with Crippen molar-refractivity contribution >= 4 is 27.3 Å². The van der Waals surface area contributed by atoms with Crippen LogP contribution in [0.1, 0.15) is 24.8 Å². The molecule has 1 aromatic carbocycles. The summed E-state index contributed by atoms with van der Waals surface area (Å²) in [6, 6.07) is 2.72. The molecule has 2 atom stereocenters. The lowest BCUT2D eigenvalue weighted by Crippen LogP contribution is -2.59. The second kappa shape index (κ2) is 8.15. The number of carbonyl (C=O) groups excluding carboxylic acids is 1. The third-order valence-corrected chi connectivity index (χ3v) is 8.28. The molecule has 1 saturated heterocycles. The summed E-state index contributed by atoms with van der Waals surface area (Å²) in [5.41, 5.74) is -1.34. The summed E-state index contributed by atoms with van der Waals surface area (Å²) >= 11 is 5.74. The smallest absolute Gasteiger partial charge is 0.330 e. The number of alkyl halides is 5. The number of likely N-dealkylation sites (tertiary alicyclic amines) is 1. The van der Waals surface area contributed by atoms with E-state index in [1.807, 2.05) is 0 Å². The van der Waals surface area contributed by atoms with Crippen LogP contribution in [0.2, 0.25) is 5.15 Å². The SMILES string of the molecule is O=C([C@@H]1CC[C@@H](S(=O)(=O)c2ccc(-c3cncc(Cl)n3)cc2C(F)(F)F)C1)N1CC(F)(F)C1. The average Bonchev–Trinajstić information content (AvgIpc) is 3.21. The molecular formula is C20H17ClF5N3O3S. The lowest BCUT2D eigenvalue weighted by molar-refractivity contribution is -0.169. The van der Waals surface area contributed by atoms with Crippen LogP contribution in [0.3, 0.4) is 0 Å². The molecule has 1 amide bonds. The van der Waals surface area contributed by atoms with Crippen LogP contribution in [-0.2, 0) is 20.8 Å². The topological polar surface area (TPSA) is 80.2 Å². The van der Waals surface area contributed by atoms with Gasteiger partial charge in [-0.3, -0.25) is 9.78 Å². The van der Waals surface area contributed by atoms with Crippen LogP contribution in [-0.4, -0.2) is 53.5 Å². The summed E-state index contributed by atoms with van der Waals surface area (Å²) in [4.78, 5) is 20.1. The van der Waals surface area contributed by atoms with Crippen LogP contribution in [0.5, 0.6) is 0 Å². The van der Waals surface area contributed by atoms with Crippen molar-refractivity contribution in [2.24, 2.45) is 5.92 Å². The number of sulfone groups is 1. The molecule has 0 bridgehead atoms. The van der Waals surface area contributed by atoms with Gasteiger partial charge < -0.3 is 4.90 Å². The Kier molecular flexibility index (Phi) is 5.88. The molecule has 2 aromatic rings. The minimum absolute atomic E-state index is 0.0190. The van der Waals surface area contributed by atoms with Crippen LogP contribution in [0.4, 0.5) is 22.0 Å². The Hall–Kier alpha value is -2.34. The van der Waals surface area contributed by atoms with E-state index >= 15 is 0 Å². The number of halogens is 6. The predicted octanol–water partition coefficient (Wildman–Crippen LogP) is 4.24. The van der Waals surface area contributed by atoms with Gasteiger partial charge in [0.1, 0.15) is 5.15 Å². The molecule has 0 unspecified atom stereocenters. The van der Waals surface area contributed by atoms with Gasteiger partial charge >= 0.3 is 6.18 Å². The van der Waals surface area contributed by atoms with Crippen molar-refractivity contribution in [1.29, 1.82) is 0 Å². The Morgan fingerprint density at radius 1 is 1.15 bits per heavy atom. The van der Waals surface area contributed by atoms with E-state index in [9.17, 15) is 35.2 Å². The fourth-order valence-electron chi connectivity index (χ4n) is 4.19. The average molecular weight is 510 g/mol. The first kappa shape index (κ1) is 23.8. The minimum Gasteiger partial charge on any atom is -0.330 e. The molecule has 178 valence electrons. The van der Waals surface area contributed by atoms with Crippen LogP contribution < -0.4 is 0 Å². The molecular weight excluding hydrogens is 493 g/mol. The Morgan fingerprint density at radius 3 is 2.45 bits per heavy atom. The number of rotatable bonds is 4. The number of carbonyl (C=O) groups is 1. The fraction of sp³-hybridized carbons (Fsp3) is 0.450. The molecule has 33 heavy (non-hydrogen) atoms. The van der Waals surface area contributed by atoms with E-state index < -0.39 is 62.6 Å². The van der Waals surface area contributed by atoms with E-state index in [0.29, 0.717) is 6.07 Å². The van der Waals surface area contributed by atoms with E-state index in [-0.39, 0.29) is 35.7 Å². The van der Waals surface area contributed by atoms with Gasteiger partial charge in [0.2, 0.25) is 5.91 Å². The molecule has 1 aromatic heterocycles. The first-order valence-electron chi connectivity index (χ1n) is 9.88. The van der Waals surface area contributed by atoms with Gasteiger partial charge in [0.15, 0.2) is 9.84 Å². The second-order valence-electron chi connectivity index (χ2n) is 8.16. The van der Waals surface area contributed by atoms with E-state index in [0.717, 1.165) is 11.0 Å². The number of benzene rings is 1. The third-order valence-electron chi connectivity index (χ3n) is 5.82. The van der Waals surface area contributed by atoms with Crippen molar-refractivity contribution in [2.75, 3.05) is 13.1 Å². The lowest BCUT2D eigenvalue weighted by atomic mass is 10.0.